The minimum absolute atomic E-state index is 0.124. The molecule has 2 aromatic heterocycles. The molecule has 0 aliphatic rings. The van der Waals surface area contributed by atoms with Crippen molar-refractivity contribution in [2.24, 2.45) is 0 Å². The third kappa shape index (κ3) is 1.78. The zero-order chi connectivity index (χ0) is 10.8. The highest BCUT2D eigenvalue weighted by Gasteiger charge is 2.14. The Morgan fingerprint density at radius 3 is 2.87 bits per heavy atom. The van der Waals surface area contributed by atoms with Gasteiger partial charge in [-0.05, 0) is 19.4 Å². The summed E-state index contributed by atoms with van der Waals surface area (Å²) in [6, 6.07) is 0. The normalized spacial score (nSPS) is 10.3. The first-order valence-electron chi connectivity index (χ1n) is 4.35. The number of nitrogens with one attached hydrogen (secondary N) is 1. The Labute approximate surface area is 85.0 Å². The van der Waals surface area contributed by atoms with E-state index in [9.17, 15) is 4.39 Å². The summed E-state index contributed by atoms with van der Waals surface area (Å²) in [5.41, 5.74) is 0.490. The molecule has 0 saturated heterocycles. The Balaban J connectivity index is 2.37. The predicted molar refractivity (Wildman–Crippen MR) is 51.3 cm³/mol. The smallest absolute Gasteiger partial charge is 0.287 e. The van der Waals surface area contributed by atoms with Crippen LogP contribution in [0.1, 0.15) is 19.7 Å². The molecule has 0 aromatic carbocycles. The fourth-order valence-corrected chi connectivity index (χ4v) is 1.01. The van der Waals surface area contributed by atoms with Gasteiger partial charge in [0.15, 0.2) is 11.7 Å². The number of halogens is 1. The molecule has 5 nitrogen and oxygen atoms in total. The monoisotopic (exact) mass is 208 g/mol. The lowest BCUT2D eigenvalue weighted by Gasteiger charge is -1.89. The van der Waals surface area contributed by atoms with Crippen molar-refractivity contribution in [1.82, 2.24) is 20.1 Å². The molecule has 2 aromatic rings. The van der Waals surface area contributed by atoms with E-state index in [-0.39, 0.29) is 11.7 Å². The van der Waals surface area contributed by atoms with Crippen LogP contribution in [0.2, 0.25) is 0 Å². The Kier molecular flexibility index (Phi) is 2.32. The first-order chi connectivity index (χ1) is 7.18. The maximum Gasteiger partial charge on any atom is 0.287 e. The number of aromatic amines is 1. The van der Waals surface area contributed by atoms with E-state index < -0.39 is 5.83 Å². The van der Waals surface area contributed by atoms with Gasteiger partial charge in [0.2, 0.25) is 5.82 Å². The highest BCUT2D eigenvalue weighted by Crippen LogP contribution is 2.20. The summed E-state index contributed by atoms with van der Waals surface area (Å²) in [5, 5.41) is 3.61. The molecule has 0 spiro atoms. The number of H-pyrrole nitrogens is 1. The van der Waals surface area contributed by atoms with E-state index in [0.29, 0.717) is 11.4 Å². The average Bonchev–Trinajstić information content (AvgIpc) is 2.86. The molecule has 0 radical (unpaired) electrons. The maximum atomic E-state index is 13.4. The van der Waals surface area contributed by atoms with Gasteiger partial charge >= 0.3 is 0 Å². The summed E-state index contributed by atoms with van der Waals surface area (Å²) in [6.45, 7) is 3.26. The molecule has 0 saturated carbocycles. The van der Waals surface area contributed by atoms with Crippen LogP contribution in [0.25, 0.3) is 17.5 Å². The first kappa shape index (κ1) is 9.57. The van der Waals surface area contributed by atoms with E-state index in [0.717, 1.165) is 0 Å². The average molecular weight is 208 g/mol. The maximum absolute atomic E-state index is 13.4. The Morgan fingerprint density at radius 2 is 2.27 bits per heavy atom. The molecule has 0 bridgehead atoms. The summed E-state index contributed by atoms with van der Waals surface area (Å²) in [6.07, 6.45) is 3.19. The standard InChI is InChI=1S/C9H9FN4O/c1-5(2)6(10)9-13-8(14-15-9)7-11-3-4-12-7/h3-4H,1-2H3,(H,11,12). The molecule has 2 heterocycles. The molecule has 1 N–H and O–H groups in total. The fourth-order valence-electron chi connectivity index (χ4n) is 1.01. The van der Waals surface area contributed by atoms with E-state index in [1.54, 1.807) is 26.2 Å². The number of imidazole rings is 1. The highest BCUT2D eigenvalue weighted by molar-refractivity contribution is 5.55. The molecule has 0 aliphatic carbocycles. The van der Waals surface area contributed by atoms with Crippen molar-refractivity contribution in [2.45, 2.75) is 13.8 Å². The van der Waals surface area contributed by atoms with Crippen molar-refractivity contribution in [3.05, 3.63) is 23.9 Å². The van der Waals surface area contributed by atoms with Gasteiger partial charge in [-0.1, -0.05) is 5.16 Å². The lowest BCUT2D eigenvalue weighted by molar-refractivity contribution is 0.397. The Hall–Kier alpha value is -1.98. The van der Waals surface area contributed by atoms with Gasteiger partial charge in [0.1, 0.15) is 0 Å². The van der Waals surface area contributed by atoms with E-state index >= 15 is 0 Å². The van der Waals surface area contributed by atoms with Crippen LogP contribution < -0.4 is 0 Å². The first-order valence-corrected chi connectivity index (χ1v) is 4.35. The largest absolute Gasteiger partial charge is 0.342 e. The molecule has 0 amide bonds. The van der Waals surface area contributed by atoms with Crippen LogP contribution in [-0.4, -0.2) is 20.1 Å². The van der Waals surface area contributed by atoms with Crippen LogP contribution in [0.5, 0.6) is 0 Å². The summed E-state index contributed by atoms with van der Waals surface area (Å²) >= 11 is 0. The van der Waals surface area contributed by atoms with E-state index in [1.807, 2.05) is 0 Å². The SMILES string of the molecule is CC(C)=C(F)c1nc(-c2ncc[nH]2)no1. The molecule has 0 fully saturated rings. The van der Waals surface area contributed by atoms with Crippen molar-refractivity contribution in [1.29, 1.82) is 0 Å². The lowest BCUT2D eigenvalue weighted by Crippen LogP contribution is -1.84. The van der Waals surface area contributed by atoms with Crippen LogP contribution in [-0.2, 0) is 0 Å². The number of allylic oxidation sites excluding steroid dienone is 1. The molecule has 6 heteroatoms. The Bertz CT molecular complexity index is 482. The fraction of sp³-hybridized carbons (Fsp3) is 0.222. The molecule has 0 atom stereocenters. The molecular formula is C9H9FN4O. The zero-order valence-electron chi connectivity index (χ0n) is 8.28. The molecular weight excluding hydrogens is 199 g/mol. The quantitative estimate of drug-likeness (QED) is 0.821. The van der Waals surface area contributed by atoms with Gasteiger partial charge in [-0.25, -0.2) is 9.37 Å². The van der Waals surface area contributed by atoms with Gasteiger partial charge in [0.25, 0.3) is 5.89 Å². The summed E-state index contributed by atoms with van der Waals surface area (Å²) in [5.74, 6) is 0.0691. The molecule has 0 unspecified atom stereocenters. The third-order valence-electron chi connectivity index (χ3n) is 1.76. The topological polar surface area (TPSA) is 67.6 Å². The second kappa shape index (κ2) is 3.64. The van der Waals surface area contributed by atoms with E-state index in [1.165, 1.54) is 0 Å². The van der Waals surface area contributed by atoms with Gasteiger partial charge in [0, 0.05) is 12.4 Å². The third-order valence-corrected chi connectivity index (χ3v) is 1.76. The van der Waals surface area contributed by atoms with E-state index in [2.05, 4.69) is 20.1 Å². The number of rotatable bonds is 2. The van der Waals surface area contributed by atoms with Gasteiger partial charge in [-0.3, -0.25) is 0 Å². The number of hydrogen-bond acceptors (Lipinski definition) is 4. The molecule has 2 rings (SSSR count). The van der Waals surface area contributed by atoms with Gasteiger partial charge < -0.3 is 9.51 Å². The van der Waals surface area contributed by atoms with Crippen molar-refractivity contribution < 1.29 is 8.91 Å². The van der Waals surface area contributed by atoms with Crippen molar-refractivity contribution in [3.63, 3.8) is 0 Å². The predicted octanol–water partition coefficient (Wildman–Crippen LogP) is 2.18. The summed E-state index contributed by atoms with van der Waals surface area (Å²) in [7, 11) is 0. The van der Waals surface area contributed by atoms with Crippen molar-refractivity contribution >= 4 is 5.83 Å². The summed E-state index contributed by atoms with van der Waals surface area (Å²) < 4.78 is 18.1. The van der Waals surface area contributed by atoms with Crippen LogP contribution in [0.15, 0.2) is 22.5 Å². The number of nitrogens with zero attached hydrogens (tertiary/aromatic N) is 3. The van der Waals surface area contributed by atoms with Crippen LogP contribution in [0.3, 0.4) is 0 Å². The minimum Gasteiger partial charge on any atom is -0.342 e. The second-order valence-corrected chi connectivity index (χ2v) is 3.17. The van der Waals surface area contributed by atoms with Crippen molar-refractivity contribution in [3.8, 4) is 11.6 Å². The number of aromatic nitrogens is 4. The van der Waals surface area contributed by atoms with Gasteiger partial charge in [-0.2, -0.15) is 4.98 Å². The zero-order valence-corrected chi connectivity index (χ0v) is 8.28. The second-order valence-electron chi connectivity index (χ2n) is 3.17. The highest BCUT2D eigenvalue weighted by atomic mass is 19.1. The number of hydrogen-bond donors (Lipinski definition) is 1. The minimum atomic E-state index is -0.500. The van der Waals surface area contributed by atoms with Crippen LogP contribution in [0, 0.1) is 0 Å². The van der Waals surface area contributed by atoms with Gasteiger partial charge in [0.05, 0.1) is 0 Å². The van der Waals surface area contributed by atoms with Crippen molar-refractivity contribution in [2.75, 3.05) is 0 Å². The lowest BCUT2D eigenvalue weighted by atomic mass is 10.3. The molecule has 0 aliphatic heterocycles. The summed E-state index contributed by atoms with van der Waals surface area (Å²) in [4.78, 5) is 10.6. The molecule has 15 heavy (non-hydrogen) atoms. The Morgan fingerprint density at radius 1 is 1.47 bits per heavy atom. The van der Waals surface area contributed by atoms with Gasteiger partial charge in [-0.15, -0.1) is 0 Å². The molecule has 78 valence electrons. The van der Waals surface area contributed by atoms with Crippen LogP contribution >= 0.6 is 0 Å². The van der Waals surface area contributed by atoms with Crippen LogP contribution in [0.4, 0.5) is 4.39 Å². The van der Waals surface area contributed by atoms with E-state index in [4.69, 9.17) is 4.52 Å².